The summed E-state index contributed by atoms with van der Waals surface area (Å²) >= 11 is 1.05. The highest BCUT2D eigenvalue weighted by Crippen LogP contribution is 2.29. The highest BCUT2D eigenvalue weighted by molar-refractivity contribution is 7.17. The molecular formula is C26H29N5O4S. The number of carbonyl (C=O) groups is 2. The molecule has 4 rings (SSSR count). The number of hydrogen-bond acceptors (Lipinski definition) is 7. The average Bonchev–Trinajstić information content (AvgIpc) is 3.36. The summed E-state index contributed by atoms with van der Waals surface area (Å²) in [6, 6.07) is 10.2. The first-order chi connectivity index (χ1) is 17.1. The Kier molecular flexibility index (Phi) is 7.07. The second kappa shape index (κ2) is 10.1. The fourth-order valence-electron chi connectivity index (χ4n) is 4.26. The van der Waals surface area contributed by atoms with Crippen molar-refractivity contribution in [1.29, 1.82) is 0 Å². The first kappa shape index (κ1) is 25.3. The van der Waals surface area contributed by atoms with Crippen molar-refractivity contribution >= 4 is 39.4 Å². The number of anilines is 1. The van der Waals surface area contributed by atoms with E-state index in [9.17, 15) is 14.4 Å². The third kappa shape index (κ3) is 4.68. The largest absolute Gasteiger partial charge is 0.459 e. The Hall–Kier alpha value is -3.79. The highest BCUT2D eigenvalue weighted by Gasteiger charge is 2.27. The van der Waals surface area contributed by atoms with E-state index in [0.717, 1.165) is 33.7 Å². The number of hydrogen-bond donors (Lipinski definition) is 1. The summed E-state index contributed by atoms with van der Waals surface area (Å²) in [5.41, 5.74) is 3.08. The number of carbonyl (C=O) groups excluding carboxylic acids is 2. The molecule has 0 spiro atoms. The van der Waals surface area contributed by atoms with Crippen molar-refractivity contribution in [2.24, 2.45) is 0 Å². The molecule has 3 heterocycles. The van der Waals surface area contributed by atoms with Crippen LogP contribution in [0.3, 0.4) is 0 Å². The molecule has 0 aliphatic rings. The number of aromatic nitrogens is 4. The predicted molar refractivity (Wildman–Crippen MR) is 140 cm³/mol. The van der Waals surface area contributed by atoms with Crippen LogP contribution in [0.15, 0.2) is 41.2 Å². The molecule has 1 N–H and O–H groups in total. The van der Waals surface area contributed by atoms with Gasteiger partial charge in [0.15, 0.2) is 5.13 Å². The van der Waals surface area contributed by atoms with Crippen molar-refractivity contribution in [3.05, 3.63) is 68.6 Å². The zero-order valence-corrected chi connectivity index (χ0v) is 22.0. The number of thiazole rings is 1. The molecule has 0 aliphatic heterocycles. The smallest absolute Gasteiger partial charge is 0.350 e. The Labute approximate surface area is 212 Å². The second-order valence-corrected chi connectivity index (χ2v) is 9.87. The lowest BCUT2D eigenvalue weighted by atomic mass is 10.1. The predicted octanol–water partition coefficient (Wildman–Crippen LogP) is 4.72. The summed E-state index contributed by atoms with van der Waals surface area (Å²) in [6.45, 7) is 10.8. The number of esters is 1. The number of amides is 1. The number of rotatable bonds is 7. The molecule has 0 saturated heterocycles. The first-order valence-corrected chi connectivity index (χ1v) is 12.6. The number of aryl methyl sites for hydroxylation is 3. The van der Waals surface area contributed by atoms with Crippen LogP contribution in [0.2, 0.25) is 0 Å². The van der Waals surface area contributed by atoms with Gasteiger partial charge in [-0.25, -0.2) is 14.5 Å². The van der Waals surface area contributed by atoms with Gasteiger partial charge in [-0.1, -0.05) is 36.5 Å². The Balaban J connectivity index is 1.78. The van der Waals surface area contributed by atoms with E-state index >= 15 is 0 Å². The SMILES string of the molecule is CCC(C(=O)Nc1nc(C)c(C(=O)OC(C)C)s1)n1c(=O)cc(C)c2c(C)nn(-c3ccccc3)c21. The summed E-state index contributed by atoms with van der Waals surface area (Å²) in [7, 11) is 0. The van der Waals surface area contributed by atoms with Crippen molar-refractivity contribution in [3.8, 4) is 5.69 Å². The lowest BCUT2D eigenvalue weighted by Gasteiger charge is -2.20. The molecule has 1 atom stereocenters. The summed E-state index contributed by atoms with van der Waals surface area (Å²) in [4.78, 5) is 43.9. The Morgan fingerprint density at radius 2 is 1.81 bits per heavy atom. The maximum atomic E-state index is 13.5. The van der Waals surface area contributed by atoms with Gasteiger partial charge in [-0.15, -0.1) is 0 Å². The average molecular weight is 508 g/mol. The quantitative estimate of drug-likeness (QED) is 0.363. The van der Waals surface area contributed by atoms with E-state index in [1.807, 2.05) is 51.1 Å². The van der Waals surface area contributed by atoms with Gasteiger partial charge in [0.2, 0.25) is 5.91 Å². The Morgan fingerprint density at radius 1 is 1.11 bits per heavy atom. The topological polar surface area (TPSA) is 108 Å². The van der Waals surface area contributed by atoms with Crippen LogP contribution in [0.4, 0.5) is 5.13 Å². The van der Waals surface area contributed by atoms with Crippen molar-refractivity contribution in [1.82, 2.24) is 19.3 Å². The normalized spacial score (nSPS) is 12.2. The summed E-state index contributed by atoms with van der Waals surface area (Å²) < 4.78 is 8.48. The molecule has 1 unspecified atom stereocenters. The van der Waals surface area contributed by atoms with Crippen molar-refractivity contribution in [3.63, 3.8) is 0 Å². The lowest BCUT2D eigenvalue weighted by Crippen LogP contribution is -2.34. The molecular weight excluding hydrogens is 478 g/mol. The molecule has 3 aromatic heterocycles. The molecule has 0 fully saturated rings. The van der Waals surface area contributed by atoms with E-state index in [0.29, 0.717) is 22.6 Å². The Bertz CT molecular complexity index is 1500. The third-order valence-corrected chi connectivity index (χ3v) is 6.85. The van der Waals surface area contributed by atoms with Gasteiger partial charge in [0.1, 0.15) is 16.6 Å². The highest BCUT2D eigenvalue weighted by atomic mass is 32.1. The van der Waals surface area contributed by atoms with Crippen molar-refractivity contribution in [2.45, 2.75) is 60.1 Å². The minimum atomic E-state index is -0.825. The van der Waals surface area contributed by atoms with E-state index in [4.69, 9.17) is 9.84 Å². The lowest BCUT2D eigenvalue weighted by molar-refractivity contribution is -0.119. The van der Waals surface area contributed by atoms with Crippen LogP contribution < -0.4 is 10.9 Å². The monoisotopic (exact) mass is 507 g/mol. The summed E-state index contributed by atoms with van der Waals surface area (Å²) in [6.07, 6.45) is 0.0884. The van der Waals surface area contributed by atoms with Gasteiger partial charge < -0.3 is 10.1 Å². The van der Waals surface area contributed by atoms with Crippen LogP contribution in [0, 0.1) is 20.8 Å². The summed E-state index contributed by atoms with van der Waals surface area (Å²) in [5, 5.41) is 8.61. The molecule has 0 saturated carbocycles. The minimum Gasteiger partial charge on any atom is -0.459 e. The van der Waals surface area contributed by atoms with E-state index < -0.39 is 17.9 Å². The van der Waals surface area contributed by atoms with Crippen LogP contribution in [-0.4, -0.2) is 37.3 Å². The zero-order valence-electron chi connectivity index (χ0n) is 21.2. The van der Waals surface area contributed by atoms with Gasteiger partial charge in [0, 0.05) is 11.5 Å². The van der Waals surface area contributed by atoms with Crippen LogP contribution in [0.5, 0.6) is 0 Å². The fourth-order valence-corrected chi connectivity index (χ4v) is 5.11. The molecule has 4 aromatic rings. The maximum Gasteiger partial charge on any atom is 0.350 e. The van der Waals surface area contributed by atoms with E-state index in [1.54, 1.807) is 25.5 Å². The summed E-state index contributed by atoms with van der Waals surface area (Å²) in [5.74, 6) is -0.882. The maximum absolute atomic E-state index is 13.5. The fraction of sp³-hybridized carbons (Fsp3) is 0.346. The zero-order chi connectivity index (χ0) is 26.1. The minimum absolute atomic E-state index is 0.268. The van der Waals surface area contributed by atoms with Crippen LogP contribution in [0.25, 0.3) is 16.7 Å². The van der Waals surface area contributed by atoms with Gasteiger partial charge in [-0.2, -0.15) is 5.10 Å². The molecule has 0 bridgehead atoms. The van der Waals surface area contributed by atoms with Crippen LogP contribution >= 0.6 is 11.3 Å². The van der Waals surface area contributed by atoms with Crippen molar-refractivity contribution in [2.75, 3.05) is 5.32 Å². The standard InChI is InChI=1S/C26H29N5O4S/c1-7-19(23(33)28-26-27-17(6)22(36-26)25(34)35-14(2)3)30-20(32)13-15(4)21-16(5)29-31(24(21)30)18-11-9-8-10-12-18/h8-14,19H,7H2,1-6H3,(H,27,28,33). The van der Waals surface area contributed by atoms with E-state index in [2.05, 4.69) is 10.3 Å². The van der Waals surface area contributed by atoms with Crippen LogP contribution in [-0.2, 0) is 9.53 Å². The molecule has 1 amide bonds. The number of nitrogens with zero attached hydrogens (tertiary/aromatic N) is 4. The Morgan fingerprint density at radius 3 is 2.44 bits per heavy atom. The number of ether oxygens (including phenoxy) is 1. The molecule has 9 nitrogen and oxygen atoms in total. The van der Waals surface area contributed by atoms with E-state index in [1.165, 1.54) is 10.6 Å². The third-order valence-electron chi connectivity index (χ3n) is 5.79. The number of fused-ring (bicyclic) bond motifs is 1. The van der Waals surface area contributed by atoms with Gasteiger partial charge in [0.05, 0.1) is 23.2 Å². The first-order valence-electron chi connectivity index (χ1n) is 11.8. The molecule has 36 heavy (non-hydrogen) atoms. The van der Waals surface area contributed by atoms with Gasteiger partial charge >= 0.3 is 5.97 Å². The number of benzene rings is 1. The molecule has 0 aliphatic carbocycles. The van der Waals surface area contributed by atoms with Gasteiger partial charge in [0.25, 0.3) is 5.56 Å². The van der Waals surface area contributed by atoms with E-state index in [-0.39, 0.29) is 16.8 Å². The van der Waals surface area contributed by atoms with Crippen LogP contribution in [0.1, 0.15) is 59.9 Å². The molecule has 1 aromatic carbocycles. The van der Waals surface area contributed by atoms with Crippen molar-refractivity contribution < 1.29 is 14.3 Å². The van der Waals surface area contributed by atoms with Gasteiger partial charge in [-0.3, -0.25) is 14.2 Å². The number of pyridine rings is 1. The second-order valence-electron chi connectivity index (χ2n) is 8.87. The van der Waals surface area contributed by atoms with Gasteiger partial charge in [-0.05, 0) is 58.7 Å². The molecule has 0 radical (unpaired) electrons. The number of para-hydroxylation sites is 1. The number of nitrogens with one attached hydrogen (secondary N) is 1. The molecule has 188 valence electrons. The molecule has 10 heteroatoms.